The average molecular weight is 202 g/mol. The number of aliphatic hydroxyl groups excluding tert-OH is 1. The van der Waals surface area contributed by atoms with E-state index < -0.39 is 6.10 Å². The molecule has 0 aliphatic carbocycles. The van der Waals surface area contributed by atoms with Crippen LogP contribution < -0.4 is 0 Å². The lowest BCUT2D eigenvalue weighted by atomic mass is 10.2. The van der Waals surface area contributed by atoms with Crippen LogP contribution in [0, 0.1) is 0 Å². The van der Waals surface area contributed by atoms with E-state index in [4.69, 9.17) is 0 Å². The predicted octanol–water partition coefficient (Wildman–Crippen LogP) is 3.42. The Morgan fingerprint density at radius 1 is 1.20 bits per heavy atom. The van der Waals surface area contributed by atoms with Crippen molar-refractivity contribution in [1.82, 2.24) is 0 Å². The molecule has 0 heterocycles. The van der Waals surface area contributed by atoms with Gasteiger partial charge in [0.15, 0.2) is 0 Å². The summed E-state index contributed by atoms with van der Waals surface area (Å²) in [6.07, 6.45) is 9.23. The van der Waals surface area contributed by atoms with E-state index in [1.807, 2.05) is 48.6 Å². The summed E-state index contributed by atoms with van der Waals surface area (Å²) in [6.45, 7) is 2.12. The van der Waals surface area contributed by atoms with Crippen molar-refractivity contribution in [2.24, 2.45) is 0 Å². The number of rotatable bonds is 5. The van der Waals surface area contributed by atoms with Gasteiger partial charge in [-0.3, -0.25) is 0 Å². The molecule has 1 nitrogen and oxygen atoms in total. The van der Waals surface area contributed by atoms with Crippen molar-refractivity contribution in [2.75, 3.05) is 0 Å². The number of hydrogen-bond acceptors (Lipinski definition) is 1. The first-order valence-corrected chi connectivity index (χ1v) is 5.41. The van der Waals surface area contributed by atoms with Crippen LogP contribution in [0.25, 0.3) is 6.08 Å². The van der Waals surface area contributed by atoms with Gasteiger partial charge < -0.3 is 5.11 Å². The molecule has 1 rings (SSSR count). The monoisotopic (exact) mass is 202 g/mol. The molecule has 0 spiro atoms. The van der Waals surface area contributed by atoms with Crippen LogP contribution >= 0.6 is 0 Å². The average Bonchev–Trinajstić information content (AvgIpc) is 2.28. The van der Waals surface area contributed by atoms with Crippen LogP contribution in [0.2, 0.25) is 0 Å². The lowest BCUT2D eigenvalue weighted by Gasteiger charge is -1.97. The lowest BCUT2D eigenvalue weighted by Crippen LogP contribution is -1.95. The molecule has 0 radical (unpaired) electrons. The van der Waals surface area contributed by atoms with Crippen LogP contribution in [-0.4, -0.2) is 11.2 Å². The highest BCUT2D eigenvalue weighted by molar-refractivity contribution is 5.49. The van der Waals surface area contributed by atoms with Gasteiger partial charge in [0.05, 0.1) is 6.10 Å². The van der Waals surface area contributed by atoms with Crippen molar-refractivity contribution >= 4 is 6.08 Å². The molecule has 1 unspecified atom stereocenters. The van der Waals surface area contributed by atoms with Gasteiger partial charge in [-0.05, 0) is 12.0 Å². The van der Waals surface area contributed by atoms with E-state index in [-0.39, 0.29) is 0 Å². The Bertz CT molecular complexity index is 311. The Kier molecular flexibility index (Phi) is 5.49. The molecule has 1 heteroatoms. The van der Waals surface area contributed by atoms with Gasteiger partial charge in [-0.2, -0.15) is 0 Å². The molecular formula is C14H18O. The van der Waals surface area contributed by atoms with E-state index in [0.29, 0.717) is 0 Å². The van der Waals surface area contributed by atoms with Gasteiger partial charge >= 0.3 is 0 Å². The van der Waals surface area contributed by atoms with Gasteiger partial charge in [0.2, 0.25) is 0 Å². The number of aliphatic hydroxyl groups is 1. The second kappa shape index (κ2) is 7.02. The van der Waals surface area contributed by atoms with Crippen molar-refractivity contribution in [3.05, 3.63) is 54.1 Å². The molecule has 0 fully saturated rings. The summed E-state index contributed by atoms with van der Waals surface area (Å²) in [5.41, 5.74) is 1.11. The molecule has 0 bridgehead atoms. The molecule has 0 amide bonds. The van der Waals surface area contributed by atoms with Crippen LogP contribution in [0.4, 0.5) is 0 Å². The summed E-state index contributed by atoms with van der Waals surface area (Å²) in [7, 11) is 0. The highest BCUT2D eigenvalue weighted by Crippen LogP contribution is 2.03. The van der Waals surface area contributed by atoms with Gasteiger partial charge in [-0.25, -0.2) is 0 Å². The van der Waals surface area contributed by atoms with Crippen LogP contribution in [0.15, 0.2) is 48.6 Å². The number of hydrogen-bond donors (Lipinski definition) is 1. The standard InChI is InChI=1S/C14H18O/c1-2-3-5-10-14(15)12-11-13-8-6-4-7-9-13/h4-12,14-15H,2-3H2,1H3/b10-5+,12-11+. The highest BCUT2D eigenvalue weighted by atomic mass is 16.3. The van der Waals surface area contributed by atoms with Crippen LogP contribution in [-0.2, 0) is 0 Å². The molecule has 0 aliphatic rings. The minimum absolute atomic E-state index is 0.475. The highest BCUT2D eigenvalue weighted by Gasteiger charge is 1.90. The first-order chi connectivity index (χ1) is 7.33. The lowest BCUT2D eigenvalue weighted by molar-refractivity contribution is 0.272. The third kappa shape index (κ3) is 5.18. The molecule has 1 N–H and O–H groups in total. The van der Waals surface area contributed by atoms with Crippen molar-refractivity contribution in [2.45, 2.75) is 25.9 Å². The van der Waals surface area contributed by atoms with Crippen LogP contribution in [0.5, 0.6) is 0 Å². The quantitative estimate of drug-likeness (QED) is 0.725. The molecule has 1 aromatic carbocycles. The molecule has 0 saturated heterocycles. The summed E-state index contributed by atoms with van der Waals surface area (Å²) in [5, 5.41) is 9.56. The van der Waals surface area contributed by atoms with E-state index >= 15 is 0 Å². The van der Waals surface area contributed by atoms with Crippen molar-refractivity contribution < 1.29 is 5.11 Å². The summed E-state index contributed by atoms with van der Waals surface area (Å²) < 4.78 is 0. The van der Waals surface area contributed by atoms with Gasteiger partial charge in [-0.15, -0.1) is 0 Å². The Labute approximate surface area is 91.8 Å². The van der Waals surface area contributed by atoms with Gasteiger partial charge in [0, 0.05) is 0 Å². The molecule has 1 aromatic rings. The first-order valence-electron chi connectivity index (χ1n) is 5.41. The van der Waals surface area contributed by atoms with Gasteiger partial charge in [-0.1, -0.05) is 68.0 Å². The van der Waals surface area contributed by atoms with Crippen molar-refractivity contribution in [3.63, 3.8) is 0 Å². The number of unbranched alkanes of at least 4 members (excludes halogenated alkanes) is 1. The second-order valence-electron chi connectivity index (χ2n) is 3.48. The molecule has 15 heavy (non-hydrogen) atoms. The smallest absolute Gasteiger partial charge is 0.0905 e. The zero-order valence-corrected chi connectivity index (χ0v) is 9.13. The first kappa shape index (κ1) is 11.7. The minimum Gasteiger partial charge on any atom is -0.385 e. The Hall–Kier alpha value is -1.34. The van der Waals surface area contributed by atoms with E-state index in [1.54, 1.807) is 6.08 Å². The Balaban J connectivity index is 2.44. The third-order valence-electron chi connectivity index (χ3n) is 2.07. The van der Waals surface area contributed by atoms with Crippen molar-refractivity contribution in [1.29, 1.82) is 0 Å². The maximum Gasteiger partial charge on any atom is 0.0905 e. The summed E-state index contributed by atoms with van der Waals surface area (Å²) >= 11 is 0. The summed E-state index contributed by atoms with van der Waals surface area (Å²) in [5.74, 6) is 0. The summed E-state index contributed by atoms with van der Waals surface area (Å²) in [6, 6.07) is 9.98. The number of allylic oxidation sites excluding steroid dienone is 1. The van der Waals surface area contributed by atoms with Gasteiger partial charge in [0.25, 0.3) is 0 Å². The maximum absolute atomic E-state index is 9.56. The minimum atomic E-state index is -0.475. The van der Waals surface area contributed by atoms with Gasteiger partial charge in [0.1, 0.15) is 0 Å². The summed E-state index contributed by atoms with van der Waals surface area (Å²) in [4.78, 5) is 0. The maximum atomic E-state index is 9.56. The molecule has 0 aromatic heterocycles. The molecule has 1 atom stereocenters. The van der Waals surface area contributed by atoms with Crippen LogP contribution in [0.1, 0.15) is 25.3 Å². The predicted molar refractivity (Wildman–Crippen MR) is 65.5 cm³/mol. The zero-order valence-electron chi connectivity index (χ0n) is 9.13. The second-order valence-corrected chi connectivity index (χ2v) is 3.48. The molecular weight excluding hydrogens is 184 g/mol. The topological polar surface area (TPSA) is 20.2 Å². The largest absolute Gasteiger partial charge is 0.385 e. The number of benzene rings is 1. The van der Waals surface area contributed by atoms with Crippen molar-refractivity contribution in [3.8, 4) is 0 Å². The molecule has 0 saturated carbocycles. The fourth-order valence-corrected chi connectivity index (χ4v) is 1.24. The SMILES string of the molecule is CCC/C=C/C(O)/C=C/c1ccccc1. The zero-order chi connectivity index (χ0) is 10.9. The molecule has 0 aliphatic heterocycles. The molecule has 80 valence electrons. The third-order valence-corrected chi connectivity index (χ3v) is 2.07. The van der Waals surface area contributed by atoms with Crippen LogP contribution in [0.3, 0.4) is 0 Å². The van der Waals surface area contributed by atoms with E-state index in [1.165, 1.54) is 0 Å². The Morgan fingerprint density at radius 2 is 1.93 bits per heavy atom. The fourth-order valence-electron chi connectivity index (χ4n) is 1.24. The van der Waals surface area contributed by atoms with E-state index in [0.717, 1.165) is 18.4 Å². The normalized spacial score (nSPS) is 13.7. The fraction of sp³-hybridized carbons (Fsp3) is 0.286. The Morgan fingerprint density at radius 3 is 2.60 bits per heavy atom. The van der Waals surface area contributed by atoms with E-state index in [2.05, 4.69) is 6.92 Å². The van der Waals surface area contributed by atoms with E-state index in [9.17, 15) is 5.11 Å².